The molecule has 0 amide bonds. The predicted molar refractivity (Wildman–Crippen MR) is 125 cm³/mol. The van der Waals surface area contributed by atoms with Gasteiger partial charge in [0.25, 0.3) is 0 Å². The number of nitrogens with zero attached hydrogens (tertiary/aromatic N) is 1. The largest absolute Gasteiger partial charge is 0.506 e. The van der Waals surface area contributed by atoms with Gasteiger partial charge in [-0.2, -0.15) is 0 Å². The number of aliphatic hydroxyl groups excluding tert-OH is 4. The number of aliphatic hydroxyl groups is 4. The number of pyridine rings is 1. The van der Waals surface area contributed by atoms with Gasteiger partial charge in [-0.1, -0.05) is 0 Å². The molecule has 17 heteroatoms. The number of hydrogen-bond donors (Lipinski definition) is 11. The molecule has 10 atom stereocenters. The van der Waals surface area contributed by atoms with Gasteiger partial charge < -0.3 is 67.3 Å². The molecule has 1 saturated heterocycles. The summed E-state index contributed by atoms with van der Waals surface area (Å²) in [5, 5.41) is 54.8. The monoisotopic (exact) mass is 553 g/mol. The fourth-order valence-corrected chi connectivity index (χ4v) is 4.67. The maximum absolute atomic E-state index is 11.1. The minimum absolute atomic E-state index is 0.0500. The zero-order chi connectivity index (χ0) is 27.7. The molecule has 37 heavy (non-hydrogen) atoms. The van der Waals surface area contributed by atoms with E-state index in [-0.39, 0.29) is 42.1 Å². The van der Waals surface area contributed by atoms with Crippen LogP contribution in [-0.2, 0) is 31.7 Å². The second-order valence-electron chi connectivity index (χ2n) is 9.34. The van der Waals surface area contributed by atoms with Crippen LogP contribution in [0.5, 0.6) is 5.75 Å². The van der Waals surface area contributed by atoms with E-state index in [9.17, 15) is 30.1 Å². The van der Waals surface area contributed by atoms with Crippen molar-refractivity contribution in [2.75, 3.05) is 6.54 Å². The van der Waals surface area contributed by atoms with Gasteiger partial charge in [-0.3, -0.25) is 9.51 Å². The minimum Gasteiger partial charge on any atom is -0.506 e. The molecule has 2 fully saturated rings. The summed E-state index contributed by atoms with van der Waals surface area (Å²) in [6.07, 6.45) is -7.64. The third kappa shape index (κ3) is 7.20. The molecule has 0 radical (unpaired) electrons. The van der Waals surface area contributed by atoms with Gasteiger partial charge in [0.2, 0.25) is 0 Å². The number of aromatic nitrogens is 1. The predicted octanol–water partition coefficient (Wildman–Crippen LogP) is -4.27. The van der Waals surface area contributed by atoms with Crippen molar-refractivity contribution in [1.29, 1.82) is 0 Å². The number of hydrogen-bond acceptors (Lipinski definition) is 14. The van der Waals surface area contributed by atoms with Crippen LogP contribution in [0.3, 0.4) is 0 Å². The number of rotatable bonds is 9. The quantitative estimate of drug-likeness (QED) is 0.129. The number of aryl methyl sites for hydroxylation is 1. The number of nitrogens with two attached hydrogens (primary N) is 3. The van der Waals surface area contributed by atoms with Crippen LogP contribution in [0, 0.1) is 6.92 Å². The van der Waals surface area contributed by atoms with Crippen LogP contribution in [0.1, 0.15) is 23.2 Å². The van der Waals surface area contributed by atoms with Gasteiger partial charge in [-0.15, -0.1) is 0 Å². The maximum Gasteiger partial charge on any atom is 0.469 e. The van der Waals surface area contributed by atoms with Crippen LogP contribution in [0.25, 0.3) is 0 Å². The summed E-state index contributed by atoms with van der Waals surface area (Å²) in [4.78, 5) is 21.9. The molecule has 1 aliphatic carbocycles. The number of phosphoric ester groups is 1. The molecule has 212 valence electrons. The lowest BCUT2D eigenvalue weighted by atomic mass is 9.84. The van der Waals surface area contributed by atoms with E-state index in [0.29, 0.717) is 0 Å². The zero-order valence-electron chi connectivity index (χ0n) is 20.1. The standard InChI is InChI=1S/C20H36N5O11P/c1-7-14(26)9(8(3-25-7)6-34-37(31,32)33)4-24-5-12-16(28)17(29)13(23)20(35-12)36-19-11(22)2-10(21)15(27)18(19)30/h3,10-13,15-20,24,26-30H,2,4-6,21-23H2,1H3,(H2,31,32,33)/t10-,11+,12-,13-,15+,16-,17-,18-,19-,20-/m1/s1. The molecule has 16 nitrogen and oxygen atoms in total. The van der Waals surface area contributed by atoms with E-state index in [1.165, 1.54) is 13.1 Å². The van der Waals surface area contributed by atoms with Crippen LogP contribution in [0.2, 0.25) is 0 Å². The molecule has 0 unspecified atom stereocenters. The molecule has 0 aromatic carbocycles. The molecular weight excluding hydrogens is 517 g/mol. The Morgan fingerprint density at radius 1 is 1.11 bits per heavy atom. The molecule has 1 aliphatic heterocycles. The van der Waals surface area contributed by atoms with Crippen LogP contribution in [-0.4, -0.2) is 108 Å². The van der Waals surface area contributed by atoms with E-state index < -0.39 is 75.5 Å². The number of aromatic hydroxyl groups is 1. The Hall–Kier alpha value is -1.34. The summed E-state index contributed by atoms with van der Waals surface area (Å²) in [5.41, 5.74) is 18.5. The van der Waals surface area contributed by atoms with Gasteiger partial charge in [-0.25, -0.2) is 4.57 Å². The van der Waals surface area contributed by atoms with Gasteiger partial charge >= 0.3 is 7.82 Å². The average Bonchev–Trinajstić information content (AvgIpc) is 2.82. The van der Waals surface area contributed by atoms with Crippen molar-refractivity contribution in [1.82, 2.24) is 10.3 Å². The highest BCUT2D eigenvalue weighted by atomic mass is 31.2. The second kappa shape index (κ2) is 12.2. The van der Waals surface area contributed by atoms with Crippen molar-refractivity contribution in [3.8, 4) is 5.75 Å². The fourth-order valence-electron chi connectivity index (χ4n) is 4.37. The van der Waals surface area contributed by atoms with Gasteiger partial charge in [0.05, 0.1) is 24.4 Å². The molecule has 0 bridgehead atoms. The Morgan fingerprint density at radius 3 is 2.43 bits per heavy atom. The molecule has 2 heterocycles. The third-order valence-corrected chi connectivity index (χ3v) is 7.06. The Labute approximate surface area is 212 Å². The van der Waals surface area contributed by atoms with Crippen LogP contribution in [0.15, 0.2) is 6.20 Å². The summed E-state index contributed by atoms with van der Waals surface area (Å²) in [6, 6.07) is -2.71. The molecule has 2 aliphatic rings. The smallest absolute Gasteiger partial charge is 0.469 e. The number of ether oxygens (including phenoxy) is 2. The van der Waals surface area contributed by atoms with E-state index in [1.54, 1.807) is 0 Å². The highest BCUT2D eigenvalue weighted by Crippen LogP contribution is 2.38. The summed E-state index contributed by atoms with van der Waals surface area (Å²) in [7, 11) is -4.77. The minimum atomic E-state index is -4.77. The van der Waals surface area contributed by atoms with Crippen LogP contribution < -0.4 is 22.5 Å². The SMILES string of the molecule is Cc1ncc(COP(=O)(O)O)c(CNC[C@H]2O[C@H](O[C@H]3[C@H](O)[C@@H](O)[C@H](N)C[C@@H]3N)[C@H](N)[C@@H](O)[C@@H]2O)c1O. The lowest BCUT2D eigenvalue weighted by molar-refractivity contribution is -0.288. The Balaban J connectivity index is 1.67. The van der Waals surface area contributed by atoms with E-state index >= 15 is 0 Å². The molecule has 1 saturated carbocycles. The first-order valence-corrected chi connectivity index (χ1v) is 13.1. The molecular formula is C20H36N5O11P. The fraction of sp³-hybridized carbons (Fsp3) is 0.750. The first-order chi connectivity index (χ1) is 17.2. The van der Waals surface area contributed by atoms with Gasteiger partial charge in [-0.05, 0) is 13.3 Å². The highest BCUT2D eigenvalue weighted by Gasteiger charge is 2.48. The summed E-state index contributed by atoms with van der Waals surface area (Å²) in [6.45, 7) is 0.880. The highest BCUT2D eigenvalue weighted by molar-refractivity contribution is 7.46. The molecule has 0 spiro atoms. The molecule has 14 N–H and O–H groups in total. The summed E-state index contributed by atoms with van der Waals surface area (Å²) < 4.78 is 27.1. The van der Waals surface area contributed by atoms with E-state index in [1.807, 2.05) is 0 Å². The maximum atomic E-state index is 11.1. The van der Waals surface area contributed by atoms with E-state index in [2.05, 4.69) is 14.8 Å². The Bertz CT molecular complexity index is 971. The van der Waals surface area contributed by atoms with Crippen molar-refractivity contribution in [2.24, 2.45) is 17.2 Å². The first kappa shape index (κ1) is 30.2. The van der Waals surface area contributed by atoms with Crippen molar-refractivity contribution in [3.05, 3.63) is 23.0 Å². The van der Waals surface area contributed by atoms with Crippen LogP contribution in [0.4, 0.5) is 0 Å². The van der Waals surface area contributed by atoms with Crippen molar-refractivity contribution in [3.63, 3.8) is 0 Å². The normalized spacial score (nSPS) is 37.0. The van der Waals surface area contributed by atoms with Crippen molar-refractivity contribution >= 4 is 7.82 Å². The Kier molecular flexibility index (Phi) is 9.99. The second-order valence-corrected chi connectivity index (χ2v) is 10.6. The van der Waals surface area contributed by atoms with Crippen molar-refractivity contribution in [2.45, 2.75) is 87.5 Å². The van der Waals surface area contributed by atoms with Gasteiger partial charge in [0.1, 0.15) is 36.3 Å². The van der Waals surface area contributed by atoms with Gasteiger partial charge in [0.15, 0.2) is 6.29 Å². The Morgan fingerprint density at radius 2 is 1.78 bits per heavy atom. The molecule has 1 aromatic rings. The molecule has 1 aromatic heterocycles. The average molecular weight is 554 g/mol. The zero-order valence-corrected chi connectivity index (χ0v) is 21.0. The number of phosphoric acid groups is 1. The van der Waals surface area contributed by atoms with E-state index in [0.717, 1.165) is 0 Å². The van der Waals surface area contributed by atoms with E-state index in [4.69, 9.17) is 36.5 Å². The van der Waals surface area contributed by atoms with Gasteiger partial charge in [0, 0.05) is 42.5 Å². The molecule has 3 rings (SSSR count). The topological polar surface area (TPSA) is 289 Å². The first-order valence-electron chi connectivity index (χ1n) is 11.6. The number of nitrogens with one attached hydrogen (secondary N) is 1. The lowest BCUT2D eigenvalue weighted by Gasteiger charge is -2.46. The lowest BCUT2D eigenvalue weighted by Crippen LogP contribution is -2.67. The summed E-state index contributed by atoms with van der Waals surface area (Å²) in [5.74, 6) is -0.218. The van der Waals surface area contributed by atoms with Crippen LogP contribution >= 0.6 is 7.82 Å². The summed E-state index contributed by atoms with van der Waals surface area (Å²) >= 11 is 0. The van der Waals surface area contributed by atoms with Crippen molar-refractivity contribution < 1.29 is 53.9 Å². The third-order valence-electron chi connectivity index (χ3n) is 6.60.